The van der Waals surface area contributed by atoms with Crippen LogP contribution < -0.4 is 5.73 Å². The molecule has 0 saturated heterocycles. The van der Waals surface area contributed by atoms with E-state index in [1.165, 1.54) is 0 Å². The third-order valence-corrected chi connectivity index (χ3v) is 2.58. The van der Waals surface area contributed by atoms with Crippen molar-refractivity contribution in [1.29, 1.82) is 0 Å². The number of hydrogen-bond donors (Lipinski definition) is 2. The van der Waals surface area contributed by atoms with E-state index in [2.05, 4.69) is 0 Å². The molecule has 1 atom stereocenters. The van der Waals surface area contributed by atoms with Crippen LogP contribution in [-0.2, 0) is 0 Å². The summed E-state index contributed by atoms with van der Waals surface area (Å²) in [5.74, 6) is -0.692. The molecule has 0 aromatic rings. The van der Waals surface area contributed by atoms with E-state index in [4.69, 9.17) is 5.73 Å². The van der Waals surface area contributed by atoms with Crippen molar-refractivity contribution >= 4 is 0 Å². The van der Waals surface area contributed by atoms with E-state index >= 15 is 0 Å². The largest absolute Gasteiger partial charge is 0.418 e. The Labute approximate surface area is 68.6 Å². The molecule has 1 aliphatic rings. The normalized spacial score (nSPS) is 24.8. The lowest BCUT2D eigenvalue weighted by atomic mass is 9.72. The number of nitrogens with two attached hydrogens (primary N) is 1. The second-order valence-electron chi connectivity index (χ2n) is 3.25. The van der Waals surface area contributed by atoms with Gasteiger partial charge in [-0.3, -0.25) is 0 Å². The smallest absolute Gasteiger partial charge is 0.379 e. The van der Waals surface area contributed by atoms with E-state index < -0.39 is 24.2 Å². The average molecular weight is 183 g/mol. The first kappa shape index (κ1) is 9.80. The highest BCUT2D eigenvalue weighted by molar-refractivity contribution is 4.97. The molecule has 0 spiro atoms. The quantitative estimate of drug-likeness (QED) is 0.671. The monoisotopic (exact) mass is 183 g/mol. The Balaban J connectivity index is 2.73. The summed E-state index contributed by atoms with van der Waals surface area (Å²) in [6.45, 7) is -0.735. The zero-order chi connectivity index (χ0) is 9.41. The van der Waals surface area contributed by atoms with Gasteiger partial charge in [0.25, 0.3) is 0 Å². The molecule has 5 heteroatoms. The van der Waals surface area contributed by atoms with E-state index in [1.54, 1.807) is 0 Å². The Hall–Kier alpha value is -0.290. The second kappa shape index (κ2) is 2.88. The molecule has 1 rings (SSSR count). The van der Waals surface area contributed by atoms with Crippen LogP contribution >= 0.6 is 0 Å². The van der Waals surface area contributed by atoms with Crippen LogP contribution in [-0.4, -0.2) is 23.4 Å². The number of halogens is 3. The van der Waals surface area contributed by atoms with Crippen molar-refractivity contribution in [3.8, 4) is 0 Å². The molecule has 1 aliphatic carbocycles. The summed E-state index contributed by atoms with van der Waals surface area (Å²) in [6, 6.07) is 0. The summed E-state index contributed by atoms with van der Waals surface area (Å²) in [4.78, 5) is 0. The molecule has 0 bridgehead atoms. The van der Waals surface area contributed by atoms with Crippen molar-refractivity contribution in [3.05, 3.63) is 0 Å². The molecular weight excluding hydrogens is 171 g/mol. The van der Waals surface area contributed by atoms with Crippen molar-refractivity contribution in [1.82, 2.24) is 0 Å². The number of rotatable bonds is 2. The van der Waals surface area contributed by atoms with Gasteiger partial charge in [0.2, 0.25) is 0 Å². The highest BCUT2D eigenvalue weighted by Gasteiger charge is 2.58. The zero-order valence-corrected chi connectivity index (χ0v) is 6.56. The van der Waals surface area contributed by atoms with Crippen LogP contribution in [0.3, 0.4) is 0 Å². The third-order valence-electron chi connectivity index (χ3n) is 2.58. The summed E-state index contributed by atoms with van der Waals surface area (Å²) < 4.78 is 36.7. The molecule has 0 amide bonds. The Morgan fingerprint density at radius 2 is 1.83 bits per heavy atom. The van der Waals surface area contributed by atoms with Crippen molar-refractivity contribution in [2.24, 2.45) is 11.7 Å². The number of aliphatic hydroxyl groups is 1. The molecule has 72 valence electrons. The van der Waals surface area contributed by atoms with Crippen LogP contribution in [0.4, 0.5) is 13.2 Å². The molecule has 0 aromatic heterocycles. The minimum Gasteiger partial charge on any atom is -0.379 e. The van der Waals surface area contributed by atoms with Crippen LogP contribution in [0.1, 0.15) is 19.3 Å². The van der Waals surface area contributed by atoms with Gasteiger partial charge in [-0.15, -0.1) is 0 Å². The number of hydrogen-bond acceptors (Lipinski definition) is 2. The lowest BCUT2D eigenvalue weighted by molar-refractivity contribution is -0.283. The maximum atomic E-state index is 12.2. The Morgan fingerprint density at radius 1 is 1.33 bits per heavy atom. The molecule has 1 fully saturated rings. The van der Waals surface area contributed by atoms with E-state index in [0.717, 1.165) is 6.42 Å². The Bertz CT molecular complexity index is 167. The molecule has 0 heterocycles. The highest BCUT2D eigenvalue weighted by atomic mass is 19.4. The van der Waals surface area contributed by atoms with Gasteiger partial charge < -0.3 is 10.8 Å². The highest BCUT2D eigenvalue weighted by Crippen LogP contribution is 2.44. The Kier molecular flexibility index (Phi) is 2.35. The fourth-order valence-electron chi connectivity index (χ4n) is 1.40. The second-order valence-corrected chi connectivity index (χ2v) is 3.25. The molecule has 1 saturated carbocycles. The Morgan fingerprint density at radius 3 is 1.92 bits per heavy atom. The van der Waals surface area contributed by atoms with Gasteiger partial charge in [0.15, 0.2) is 5.60 Å². The van der Waals surface area contributed by atoms with E-state index in [0.29, 0.717) is 12.8 Å². The zero-order valence-electron chi connectivity index (χ0n) is 6.56. The molecule has 0 aliphatic heterocycles. The molecule has 0 aromatic carbocycles. The van der Waals surface area contributed by atoms with Gasteiger partial charge in [-0.25, -0.2) is 0 Å². The summed E-state index contributed by atoms with van der Waals surface area (Å²) in [5, 5.41) is 9.23. The first-order chi connectivity index (χ1) is 5.42. The van der Waals surface area contributed by atoms with E-state index in [9.17, 15) is 18.3 Å². The summed E-state index contributed by atoms with van der Waals surface area (Å²) in [5.41, 5.74) is 2.29. The van der Waals surface area contributed by atoms with Gasteiger partial charge in [0.05, 0.1) is 0 Å². The van der Waals surface area contributed by atoms with Crippen molar-refractivity contribution in [2.75, 3.05) is 6.54 Å². The fraction of sp³-hybridized carbons (Fsp3) is 1.00. The minimum atomic E-state index is -4.59. The first-order valence-electron chi connectivity index (χ1n) is 3.91. The van der Waals surface area contributed by atoms with Gasteiger partial charge in [0, 0.05) is 6.54 Å². The molecule has 12 heavy (non-hydrogen) atoms. The molecule has 3 N–H and O–H groups in total. The van der Waals surface area contributed by atoms with Crippen LogP contribution in [0, 0.1) is 5.92 Å². The van der Waals surface area contributed by atoms with Crippen LogP contribution in [0.25, 0.3) is 0 Å². The summed E-state index contributed by atoms with van der Waals surface area (Å²) in [7, 11) is 0. The molecule has 0 radical (unpaired) electrons. The van der Waals surface area contributed by atoms with Crippen molar-refractivity contribution in [3.63, 3.8) is 0 Å². The minimum absolute atomic E-state index is 0.424. The van der Waals surface area contributed by atoms with Crippen molar-refractivity contribution in [2.45, 2.75) is 31.0 Å². The average Bonchev–Trinajstić information content (AvgIpc) is 1.81. The lowest BCUT2D eigenvalue weighted by Crippen LogP contribution is -2.58. The number of alkyl halides is 3. The molecule has 1 unspecified atom stereocenters. The van der Waals surface area contributed by atoms with E-state index in [1.807, 2.05) is 0 Å². The first-order valence-corrected chi connectivity index (χ1v) is 3.91. The SMILES string of the molecule is NCC(O)(C1CCC1)C(F)(F)F. The topological polar surface area (TPSA) is 46.2 Å². The standard InChI is InChI=1S/C7H12F3NO/c8-7(9,10)6(12,4-11)5-2-1-3-5/h5,12H,1-4,11H2. The van der Waals surface area contributed by atoms with Gasteiger partial charge in [-0.05, 0) is 18.8 Å². The maximum Gasteiger partial charge on any atom is 0.418 e. The third kappa shape index (κ3) is 1.31. The summed E-state index contributed by atoms with van der Waals surface area (Å²) in [6.07, 6.45) is -2.99. The lowest BCUT2D eigenvalue weighted by Gasteiger charge is -2.41. The van der Waals surface area contributed by atoms with Gasteiger partial charge >= 0.3 is 6.18 Å². The van der Waals surface area contributed by atoms with Crippen molar-refractivity contribution < 1.29 is 18.3 Å². The predicted octanol–water partition coefficient (Wildman–Crippen LogP) is 1.04. The predicted molar refractivity (Wildman–Crippen MR) is 37.4 cm³/mol. The summed E-state index contributed by atoms with van der Waals surface area (Å²) >= 11 is 0. The van der Waals surface area contributed by atoms with Crippen LogP contribution in [0.5, 0.6) is 0 Å². The molecule has 2 nitrogen and oxygen atoms in total. The van der Waals surface area contributed by atoms with Gasteiger partial charge in [-0.2, -0.15) is 13.2 Å². The van der Waals surface area contributed by atoms with Crippen LogP contribution in [0.15, 0.2) is 0 Å². The van der Waals surface area contributed by atoms with Crippen LogP contribution in [0.2, 0.25) is 0 Å². The maximum absolute atomic E-state index is 12.2. The van der Waals surface area contributed by atoms with E-state index in [-0.39, 0.29) is 0 Å². The molecular formula is C7H12F3NO. The van der Waals surface area contributed by atoms with Gasteiger partial charge in [0.1, 0.15) is 0 Å². The van der Waals surface area contributed by atoms with Gasteiger partial charge in [-0.1, -0.05) is 6.42 Å². The fourth-order valence-corrected chi connectivity index (χ4v) is 1.40.